The molecule has 0 radical (unpaired) electrons. The zero-order chi connectivity index (χ0) is 17.3. The van der Waals surface area contributed by atoms with Crippen LogP contribution in [0.15, 0.2) is 47.8 Å². The molecule has 10 heteroatoms. The lowest BCUT2D eigenvalue weighted by molar-refractivity contribution is 0.600. The third-order valence-corrected chi connectivity index (χ3v) is 4.88. The molecule has 0 fully saturated rings. The van der Waals surface area contributed by atoms with Crippen LogP contribution in [0, 0.1) is 5.82 Å². The first-order valence-corrected chi connectivity index (χ1v) is 8.68. The Bertz CT molecular complexity index is 983. The van der Waals surface area contributed by atoms with E-state index in [-0.39, 0.29) is 22.3 Å². The number of rotatable bonds is 5. The van der Waals surface area contributed by atoms with Crippen molar-refractivity contribution in [1.29, 1.82) is 0 Å². The molecule has 0 saturated heterocycles. The topological polar surface area (TPSA) is 81.8 Å². The van der Waals surface area contributed by atoms with Crippen molar-refractivity contribution < 1.29 is 12.8 Å². The number of sulfonamides is 1. The summed E-state index contributed by atoms with van der Waals surface area (Å²) in [5.74, 6) is -0.258. The maximum absolute atomic E-state index is 13.0. The summed E-state index contributed by atoms with van der Waals surface area (Å²) in [5.41, 5.74) is 0.669. The fourth-order valence-corrected chi connectivity index (χ4v) is 3.27. The summed E-state index contributed by atoms with van der Waals surface area (Å²) in [4.78, 5) is 0.0427. The molecule has 1 aromatic carbocycles. The second-order valence-corrected chi connectivity index (χ2v) is 7.18. The van der Waals surface area contributed by atoms with Crippen LogP contribution in [0.1, 0.15) is 5.56 Å². The summed E-state index contributed by atoms with van der Waals surface area (Å²) in [6.07, 6.45) is 4.23. The highest BCUT2D eigenvalue weighted by Gasteiger charge is 2.17. The lowest BCUT2D eigenvalue weighted by Gasteiger charge is -2.05. The molecule has 0 aliphatic heterocycles. The van der Waals surface area contributed by atoms with E-state index in [1.807, 2.05) is 0 Å². The van der Waals surface area contributed by atoms with E-state index in [4.69, 9.17) is 11.6 Å². The molecular weight excluding hydrogens is 357 g/mol. The van der Waals surface area contributed by atoms with Gasteiger partial charge in [0.15, 0.2) is 5.82 Å². The van der Waals surface area contributed by atoms with E-state index in [0.717, 1.165) is 0 Å². The standard InChI is InChI=1S/C14H13ClFN5O2S/c1-20-9-12(7-17-20)24(22,23)19-14-4-5-21(18-14)8-10-2-3-11(16)6-13(10)15/h2-7,9H,8H2,1H3,(H,18,19). The van der Waals surface area contributed by atoms with Gasteiger partial charge >= 0.3 is 0 Å². The van der Waals surface area contributed by atoms with Crippen LogP contribution in [0.2, 0.25) is 5.02 Å². The molecule has 0 bridgehead atoms. The lowest BCUT2D eigenvalue weighted by Crippen LogP contribution is -2.13. The second-order valence-electron chi connectivity index (χ2n) is 5.09. The zero-order valence-corrected chi connectivity index (χ0v) is 14.1. The van der Waals surface area contributed by atoms with Crippen LogP contribution in [-0.2, 0) is 23.6 Å². The molecule has 0 aliphatic rings. The molecule has 126 valence electrons. The number of aromatic nitrogens is 4. The number of halogens is 2. The predicted octanol–water partition coefficient (Wildman–Crippen LogP) is 2.26. The number of benzene rings is 1. The minimum absolute atomic E-state index is 0.0427. The lowest BCUT2D eigenvalue weighted by atomic mass is 10.2. The molecule has 3 rings (SSSR count). The highest BCUT2D eigenvalue weighted by atomic mass is 35.5. The van der Waals surface area contributed by atoms with Gasteiger partial charge in [-0.2, -0.15) is 10.2 Å². The molecule has 0 aliphatic carbocycles. The number of nitrogens with zero attached hydrogens (tertiary/aromatic N) is 4. The van der Waals surface area contributed by atoms with Gasteiger partial charge in [-0.1, -0.05) is 17.7 Å². The molecule has 7 nitrogen and oxygen atoms in total. The molecule has 0 amide bonds. The smallest absolute Gasteiger partial charge is 0.266 e. The third kappa shape index (κ3) is 3.57. The molecule has 1 N–H and O–H groups in total. The minimum Gasteiger partial charge on any atom is -0.274 e. The van der Waals surface area contributed by atoms with Gasteiger partial charge in [-0.3, -0.25) is 14.1 Å². The Labute approximate surface area is 142 Å². The Kier molecular flexibility index (Phi) is 4.29. The molecular formula is C14H13ClFN5O2S. The van der Waals surface area contributed by atoms with Gasteiger partial charge in [-0.15, -0.1) is 0 Å². The van der Waals surface area contributed by atoms with Crippen molar-refractivity contribution in [2.24, 2.45) is 7.05 Å². The van der Waals surface area contributed by atoms with Crippen LogP contribution in [0.3, 0.4) is 0 Å². The molecule has 2 heterocycles. The van der Waals surface area contributed by atoms with Crippen molar-refractivity contribution in [2.45, 2.75) is 11.4 Å². The Morgan fingerprint density at radius 1 is 1.33 bits per heavy atom. The van der Waals surface area contributed by atoms with Crippen molar-refractivity contribution in [3.8, 4) is 0 Å². The number of aryl methyl sites for hydroxylation is 1. The van der Waals surface area contributed by atoms with E-state index >= 15 is 0 Å². The maximum Gasteiger partial charge on any atom is 0.266 e. The molecule has 2 aromatic heterocycles. The summed E-state index contributed by atoms with van der Waals surface area (Å²) in [7, 11) is -2.13. The van der Waals surface area contributed by atoms with E-state index in [2.05, 4.69) is 14.9 Å². The largest absolute Gasteiger partial charge is 0.274 e. The van der Waals surface area contributed by atoms with Crippen LogP contribution in [0.4, 0.5) is 10.2 Å². The molecule has 0 saturated carbocycles. The van der Waals surface area contributed by atoms with E-state index in [0.29, 0.717) is 5.56 Å². The van der Waals surface area contributed by atoms with Gasteiger partial charge in [0.25, 0.3) is 10.0 Å². The quantitative estimate of drug-likeness (QED) is 0.748. The summed E-state index contributed by atoms with van der Waals surface area (Å²) in [6.45, 7) is 0.285. The Balaban J connectivity index is 1.76. The van der Waals surface area contributed by atoms with Crippen LogP contribution in [0.5, 0.6) is 0 Å². The van der Waals surface area contributed by atoms with Crippen LogP contribution >= 0.6 is 11.6 Å². The first-order chi connectivity index (χ1) is 11.3. The first kappa shape index (κ1) is 16.5. The average molecular weight is 370 g/mol. The van der Waals surface area contributed by atoms with Gasteiger partial charge in [-0.25, -0.2) is 12.8 Å². The molecule has 3 aromatic rings. The molecule has 0 spiro atoms. The van der Waals surface area contributed by atoms with Crippen molar-refractivity contribution >= 4 is 27.4 Å². The Morgan fingerprint density at radius 2 is 2.12 bits per heavy atom. The predicted molar refractivity (Wildman–Crippen MR) is 86.8 cm³/mol. The monoisotopic (exact) mass is 369 g/mol. The fraction of sp³-hybridized carbons (Fsp3) is 0.143. The number of hydrogen-bond acceptors (Lipinski definition) is 4. The van der Waals surface area contributed by atoms with E-state index in [1.54, 1.807) is 19.3 Å². The van der Waals surface area contributed by atoms with Gasteiger partial charge in [-0.05, 0) is 17.7 Å². The molecule has 0 unspecified atom stereocenters. The highest BCUT2D eigenvalue weighted by Crippen LogP contribution is 2.19. The van der Waals surface area contributed by atoms with Gasteiger partial charge < -0.3 is 0 Å². The molecule has 24 heavy (non-hydrogen) atoms. The number of hydrogen-bond donors (Lipinski definition) is 1. The second kappa shape index (κ2) is 6.25. The van der Waals surface area contributed by atoms with E-state index in [9.17, 15) is 12.8 Å². The normalized spacial score (nSPS) is 11.6. The van der Waals surface area contributed by atoms with E-state index in [1.165, 1.54) is 40.0 Å². The summed E-state index contributed by atoms with van der Waals surface area (Å²) >= 11 is 5.97. The van der Waals surface area contributed by atoms with Crippen molar-refractivity contribution in [3.05, 3.63) is 59.3 Å². The fourth-order valence-electron chi connectivity index (χ4n) is 2.06. The number of nitrogens with one attached hydrogen (secondary N) is 1. The SMILES string of the molecule is Cn1cc(S(=O)(=O)Nc2ccn(Cc3ccc(F)cc3Cl)n2)cn1. The summed E-state index contributed by atoms with van der Waals surface area (Å²) in [6, 6.07) is 5.59. The van der Waals surface area contributed by atoms with Crippen molar-refractivity contribution in [3.63, 3.8) is 0 Å². The number of anilines is 1. The average Bonchev–Trinajstić information content (AvgIpc) is 3.11. The van der Waals surface area contributed by atoms with Gasteiger partial charge in [0.2, 0.25) is 0 Å². The minimum atomic E-state index is -3.75. The third-order valence-electron chi connectivity index (χ3n) is 3.22. The van der Waals surface area contributed by atoms with Gasteiger partial charge in [0.05, 0.1) is 12.7 Å². The van der Waals surface area contributed by atoms with Crippen molar-refractivity contribution in [1.82, 2.24) is 19.6 Å². The summed E-state index contributed by atoms with van der Waals surface area (Å²) in [5, 5.41) is 8.24. The Morgan fingerprint density at radius 3 is 2.79 bits per heavy atom. The van der Waals surface area contributed by atoms with Gasteiger partial charge in [0, 0.05) is 30.5 Å². The molecule has 0 atom stereocenters. The van der Waals surface area contributed by atoms with Crippen LogP contribution < -0.4 is 4.72 Å². The van der Waals surface area contributed by atoms with Gasteiger partial charge in [0.1, 0.15) is 10.7 Å². The van der Waals surface area contributed by atoms with Crippen LogP contribution in [0.25, 0.3) is 0 Å². The van der Waals surface area contributed by atoms with E-state index < -0.39 is 15.8 Å². The Hall–Kier alpha value is -2.39. The zero-order valence-electron chi connectivity index (χ0n) is 12.5. The highest BCUT2D eigenvalue weighted by molar-refractivity contribution is 7.92. The maximum atomic E-state index is 13.0. The van der Waals surface area contributed by atoms with Crippen molar-refractivity contribution in [2.75, 3.05) is 4.72 Å². The first-order valence-electron chi connectivity index (χ1n) is 6.82. The van der Waals surface area contributed by atoms with Crippen LogP contribution in [-0.4, -0.2) is 28.0 Å². The summed E-state index contributed by atoms with van der Waals surface area (Å²) < 4.78 is 42.7.